The molecule has 0 bridgehead atoms. The van der Waals surface area contributed by atoms with Gasteiger partial charge in [-0.1, -0.05) is 25.1 Å². The molecular weight excluding hydrogens is 210 g/mol. The van der Waals surface area contributed by atoms with Gasteiger partial charge in [-0.25, -0.2) is 0 Å². The predicted molar refractivity (Wildman–Crippen MR) is 73.4 cm³/mol. The Kier molecular flexibility index (Phi) is 5.23. The van der Waals surface area contributed by atoms with Gasteiger partial charge in [0.1, 0.15) is 5.75 Å². The molecule has 0 aromatic heterocycles. The van der Waals surface area contributed by atoms with E-state index in [1.165, 1.54) is 5.56 Å². The van der Waals surface area contributed by atoms with Crippen molar-refractivity contribution in [1.29, 1.82) is 0 Å². The van der Waals surface area contributed by atoms with Crippen molar-refractivity contribution < 1.29 is 5.11 Å². The van der Waals surface area contributed by atoms with E-state index < -0.39 is 0 Å². The van der Waals surface area contributed by atoms with E-state index in [2.05, 4.69) is 38.6 Å². The molecule has 17 heavy (non-hydrogen) atoms. The summed E-state index contributed by atoms with van der Waals surface area (Å²) in [5.74, 6) is 1.17. The first kappa shape index (κ1) is 13.8. The van der Waals surface area contributed by atoms with E-state index >= 15 is 0 Å². The minimum absolute atomic E-state index is 0.341. The van der Waals surface area contributed by atoms with Crippen molar-refractivity contribution in [2.45, 2.75) is 19.3 Å². The van der Waals surface area contributed by atoms with Gasteiger partial charge in [0.2, 0.25) is 0 Å². The quantitative estimate of drug-likeness (QED) is 0.762. The lowest BCUT2D eigenvalue weighted by Crippen LogP contribution is -2.25. The molecule has 0 radical (unpaired) electrons. The van der Waals surface area contributed by atoms with Crippen LogP contribution in [0.2, 0.25) is 0 Å². The molecule has 2 heteroatoms. The fourth-order valence-electron chi connectivity index (χ4n) is 2.33. The zero-order chi connectivity index (χ0) is 12.8. The number of phenolic OH excluding ortho intramolecular Hbond substituents is 1. The lowest BCUT2D eigenvalue weighted by molar-refractivity contribution is 0.324. The van der Waals surface area contributed by atoms with Gasteiger partial charge in [0.15, 0.2) is 0 Å². The second kappa shape index (κ2) is 6.45. The molecule has 94 valence electrons. The van der Waals surface area contributed by atoms with Gasteiger partial charge in [-0.05, 0) is 50.0 Å². The summed E-state index contributed by atoms with van der Waals surface area (Å²) in [5, 5.41) is 9.56. The fourth-order valence-corrected chi connectivity index (χ4v) is 2.33. The Morgan fingerprint density at radius 2 is 2.12 bits per heavy atom. The molecule has 0 unspecified atom stereocenters. The molecule has 0 amide bonds. The Morgan fingerprint density at radius 1 is 1.41 bits per heavy atom. The molecule has 0 saturated heterocycles. The normalized spacial score (nSPS) is 14.6. The third-order valence-electron chi connectivity index (χ3n) is 3.13. The topological polar surface area (TPSA) is 23.5 Å². The van der Waals surface area contributed by atoms with Crippen LogP contribution in [0.5, 0.6) is 5.75 Å². The fraction of sp³-hybridized carbons (Fsp3) is 0.467. The van der Waals surface area contributed by atoms with Crippen LogP contribution in [0.3, 0.4) is 0 Å². The zero-order valence-electron chi connectivity index (χ0n) is 11.1. The van der Waals surface area contributed by atoms with Crippen molar-refractivity contribution in [1.82, 2.24) is 4.90 Å². The average Bonchev–Trinajstić information content (AvgIpc) is 2.28. The highest BCUT2D eigenvalue weighted by molar-refractivity contribution is 5.30. The summed E-state index contributed by atoms with van der Waals surface area (Å²) >= 11 is 0. The van der Waals surface area contributed by atoms with Crippen molar-refractivity contribution in [3.63, 3.8) is 0 Å². The first-order valence-electron chi connectivity index (χ1n) is 6.14. The molecule has 1 rings (SSSR count). The maximum atomic E-state index is 9.56. The van der Waals surface area contributed by atoms with Crippen molar-refractivity contribution in [3.05, 3.63) is 42.5 Å². The number of rotatable bonds is 6. The summed E-state index contributed by atoms with van der Waals surface area (Å²) in [4.78, 5) is 2.18. The Hall–Kier alpha value is -1.28. The molecule has 0 heterocycles. The maximum absolute atomic E-state index is 9.56. The van der Waals surface area contributed by atoms with Gasteiger partial charge in [0.25, 0.3) is 0 Å². The van der Waals surface area contributed by atoms with Crippen molar-refractivity contribution in [2.24, 2.45) is 5.92 Å². The van der Waals surface area contributed by atoms with Crippen LogP contribution >= 0.6 is 0 Å². The Morgan fingerprint density at radius 3 is 2.59 bits per heavy atom. The average molecular weight is 233 g/mol. The number of nitrogens with zero attached hydrogens (tertiary/aromatic N) is 1. The summed E-state index contributed by atoms with van der Waals surface area (Å²) < 4.78 is 0. The summed E-state index contributed by atoms with van der Waals surface area (Å²) in [6.45, 7) is 7.11. The lowest BCUT2D eigenvalue weighted by atomic mass is 9.83. The van der Waals surface area contributed by atoms with E-state index in [4.69, 9.17) is 0 Å². The molecule has 2 nitrogen and oxygen atoms in total. The molecule has 1 aromatic carbocycles. The highest BCUT2D eigenvalue weighted by atomic mass is 16.3. The summed E-state index contributed by atoms with van der Waals surface area (Å²) in [7, 11) is 4.15. The van der Waals surface area contributed by atoms with Crippen LogP contribution in [0.25, 0.3) is 0 Å². The number of benzene rings is 1. The predicted octanol–water partition coefficient (Wildman–Crippen LogP) is 3.25. The second-order valence-electron chi connectivity index (χ2n) is 4.77. The molecule has 0 aliphatic rings. The van der Waals surface area contributed by atoms with E-state index in [9.17, 15) is 5.11 Å². The minimum atomic E-state index is 0.341. The van der Waals surface area contributed by atoms with Crippen LogP contribution in [0, 0.1) is 5.92 Å². The van der Waals surface area contributed by atoms with E-state index in [0.29, 0.717) is 17.6 Å². The summed E-state index contributed by atoms with van der Waals surface area (Å²) in [6, 6.07) is 7.56. The minimum Gasteiger partial charge on any atom is -0.508 e. The number of aromatic hydroxyl groups is 1. The van der Waals surface area contributed by atoms with Gasteiger partial charge in [-0.3, -0.25) is 0 Å². The van der Waals surface area contributed by atoms with Gasteiger partial charge >= 0.3 is 0 Å². The molecule has 0 fully saturated rings. The molecule has 1 aromatic rings. The van der Waals surface area contributed by atoms with E-state index in [-0.39, 0.29) is 0 Å². The van der Waals surface area contributed by atoms with E-state index in [1.807, 2.05) is 18.2 Å². The Balaban J connectivity index is 2.92. The third kappa shape index (κ3) is 3.90. The van der Waals surface area contributed by atoms with Crippen LogP contribution in [0.1, 0.15) is 24.8 Å². The standard InChI is InChI=1S/C15H23NO/c1-5-12(11-16(3)4)15(6-2)13-8-7-9-14(17)10-13/h5,7-10,12,15,17H,1,6,11H2,2-4H3/t12-,15+/m0/s1. The van der Waals surface area contributed by atoms with Crippen LogP contribution in [0.15, 0.2) is 36.9 Å². The largest absolute Gasteiger partial charge is 0.508 e. The van der Waals surface area contributed by atoms with Gasteiger partial charge < -0.3 is 10.0 Å². The maximum Gasteiger partial charge on any atom is 0.115 e. The molecule has 0 spiro atoms. The van der Waals surface area contributed by atoms with Gasteiger partial charge in [0, 0.05) is 6.54 Å². The molecular formula is C15H23NO. The highest BCUT2D eigenvalue weighted by Gasteiger charge is 2.19. The highest BCUT2D eigenvalue weighted by Crippen LogP contribution is 2.31. The van der Waals surface area contributed by atoms with Crippen LogP contribution in [-0.4, -0.2) is 30.6 Å². The molecule has 0 aliphatic carbocycles. The van der Waals surface area contributed by atoms with Crippen molar-refractivity contribution in [2.75, 3.05) is 20.6 Å². The third-order valence-corrected chi connectivity index (χ3v) is 3.13. The lowest BCUT2D eigenvalue weighted by Gasteiger charge is -2.26. The van der Waals surface area contributed by atoms with Gasteiger partial charge in [-0.15, -0.1) is 6.58 Å². The summed E-state index contributed by atoms with van der Waals surface area (Å²) in [6.07, 6.45) is 3.08. The number of hydrogen-bond donors (Lipinski definition) is 1. The van der Waals surface area contributed by atoms with Crippen LogP contribution < -0.4 is 0 Å². The second-order valence-corrected chi connectivity index (χ2v) is 4.77. The van der Waals surface area contributed by atoms with Gasteiger partial charge in [0.05, 0.1) is 0 Å². The van der Waals surface area contributed by atoms with Crippen molar-refractivity contribution >= 4 is 0 Å². The smallest absolute Gasteiger partial charge is 0.115 e. The van der Waals surface area contributed by atoms with Crippen LogP contribution in [-0.2, 0) is 0 Å². The number of hydrogen-bond acceptors (Lipinski definition) is 2. The number of phenols is 1. The van der Waals surface area contributed by atoms with Crippen LogP contribution in [0.4, 0.5) is 0 Å². The monoisotopic (exact) mass is 233 g/mol. The summed E-state index contributed by atoms with van der Waals surface area (Å²) in [5.41, 5.74) is 1.19. The molecule has 0 saturated carbocycles. The SMILES string of the molecule is C=C[C@@H](CN(C)C)[C@@H](CC)c1cccc(O)c1. The first-order chi connectivity index (χ1) is 8.08. The molecule has 2 atom stereocenters. The van der Waals surface area contributed by atoms with E-state index in [1.54, 1.807) is 6.07 Å². The molecule has 1 N–H and O–H groups in total. The Labute approximate surface area is 105 Å². The van der Waals surface area contributed by atoms with E-state index in [0.717, 1.165) is 13.0 Å². The Bertz CT molecular complexity index is 360. The zero-order valence-corrected chi connectivity index (χ0v) is 11.1. The van der Waals surface area contributed by atoms with Crippen molar-refractivity contribution in [3.8, 4) is 5.75 Å². The van der Waals surface area contributed by atoms with Gasteiger partial charge in [-0.2, -0.15) is 0 Å². The first-order valence-corrected chi connectivity index (χ1v) is 6.14. The molecule has 0 aliphatic heterocycles.